The van der Waals surface area contributed by atoms with Gasteiger partial charge >= 0.3 is 5.97 Å². The quantitative estimate of drug-likeness (QED) is 0.271. The van der Waals surface area contributed by atoms with Crippen LogP contribution in [0.25, 0.3) is 10.4 Å². The molecule has 2 aromatic rings. The molecule has 5 nitrogen and oxygen atoms in total. The molecule has 0 spiro atoms. The molecule has 0 unspecified atom stereocenters. The Hall–Kier alpha value is -2.78. The van der Waals surface area contributed by atoms with Crippen molar-refractivity contribution in [2.45, 2.75) is 19.4 Å². The molecule has 0 saturated carbocycles. The molecule has 2 aromatic carbocycles. The smallest absolute Gasteiger partial charge is 0.343 e. The molecule has 0 aromatic heterocycles. The van der Waals surface area contributed by atoms with Crippen molar-refractivity contribution in [1.82, 2.24) is 0 Å². The maximum atomic E-state index is 11.9. The maximum absolute atomic E-state index is 11.9. The summed E-state index contributed by atoms with van der Waals surface area (Å²) in [7, 11) is 0. The molecular formula is C16H15N3O2. The molecular weight excluding hydrogens is 266 g/mol. The van der Waals surface area contributed by atoms with E-state index in [1.807, 2.05) is 25.1 Å². The fourth-order valence-corrected chi connectivity index (χ4v) is 1.90. The first-order valence-corrected chi connectivity index (χ1v) is 6.59. The van der Waals surface area contributed by atoms with Crippen molar-refractivity contribution >= 4 is 5.97 Å². The number of benzene rings is 2. The number of carbonyl (C=O) groups excluding carboxylic acids is 1. The largest absolute Gasteiger partial charge is 0.423 e. The Morgan fingerprint density at radius 2 is 1.86 bits per heavy atom. The topological polar surface area (TPSA) is 75.1 Å². The highest BCUT2D eigenvalue weighted by Crippen LogP contribution is 2.16. The second-order valence-corrected chi connectivity index (χ2v) is 4.66. The monoisotopic (exact) mass is 281 g/mol. The SMILES string of the molecule is C[C@H](Cc1ccc(OC(=O)c2ccccc2)cc1)N=[N+]=[N-]. The molecule has 0 aliphatic rings. The lowest BCUT2D eigenvalue weighted by Crippen LogP contribution is -2.08. The summed E-state index contributed by atoms with van der Waals surface area (Å²) < 4.78 is 5.29. The molecule has 0 amide bonds. The van der Waals surface area contributed by atoms with Crippen molar-refractivity contribution in [3.63, 3.8) is 0 Å². The van der Waals surface area contributed by atoms with Gasteiger partial charge in [-0.1, -0.05) is 42.4 Å². The van der Waals surface area contributed by atoms with Crippen molar-refractivity contribution in [1.29, 1.82) is 0 Å². The Morgan fingerprint density at radius 1 is 1.19 bits per heavy atom. The highest BCUT2D eigenvalue weighted by Gasteiger charge is 2.08. The Labute approximate surface area is 122 Å². The molecule has 0 aliphatic carbocycles. The first-order valence-electron chi connectivity index (χ1n) is 6.59. The number of hydrogen-bond donors (Lipinski definition) is 0. The fourth-order valence-electron chi connectivity index (χ4n) is 1.90. The van der Waals surface area contributed by atoms with Crippen LogP contribution in [0, 0.1) is 0 Å². The number of esters is 1. The molecule has 0 fully saturated rings. The Bertz CT molecular complexity index is 647. The standard InChI is InChI=1S/C16H15N3O2/c1-12(18-19-17)11-13-7-9-15(10-8-13)21-16(20)14-5-3-2-4-6-14/h2-10,12H,11H2,1H3/t12-/m1/s1. The van der Waals surface area contributed by atoms with Gasteiger partial charge in [0.2, 0.25) is 0 Å². The van der Waals surface area contributed by atoms with Gasteiger partial charge in [-0.3, -0.25) is 0 Å². The molecule has 0 aliphatic heterocycles. The van der Waals surface area contributed by atoms with Crippen molar-refractivity contribution in [2.75, 3.05) is 0 Å². The molecule has 0 N–H and O–H groups in total. The minimum atomic E-state index is -0.384. The van der Waals surface area contributed by atoms with E-state index in [1.165, 1.54) is 0 Å². The average molecular weight is 281 g/mol. The lowest BCUT2D eigenvalue weighted by molar-refractivity contribution is 0.0734. The third-order valence-corrected chi connectivity index (χ3v) is 2.92. The summed E-state index contributed by atoms with van der Waals surface area (Å²) in [6, 6.07) is 15.9. The molecule has 21 heavy (non-hydrogen) atoms. The molecule has 0 radical (unpaired) electrons. The van der Waals surface area contributed by atoms with E-state index in [-0.39, 0.29) is 12.0 Å². The van der Waals surface area contributed by atoms with E-state index in [2.05, 4.69) is 10.0 Å². The number of carbonyl (C=O) groups is 1. The second-order valence-electron chi connectivity index (χ2n) is 4.66. The zero-order valence-corrected chi connectivity index (χ0v) is 11.6. The number of rotatable bonds is 5. The molecule has 5 heteroatoms. The summed E-state index contributed by atoms with van der Waals surface area (Å²) in [4.78, 5) is 14.7. The second kappa shape index (κ2) is 7.12. The molecule has 0 heterocycles. The summed E-state index contributed by atoms with van der Waals surface area (Å²) >= 11 is 0. The summed E-state index contributed by atoms with van der Waals surface area (Å²) in [5.74, 6) is 0.106. The Balaban J connectivity index is 1.99. The molecule has 1 atom stereocenters. The van der Waals surface area contributed by atoms with Crippen molar-refractivity contribution in [3.05, 3.63) is 76.2 Å². The number of azide groups is 1. The van der Waals surface area contributed by atoms with Gasteiger partial charge in [-0.2, -0.15) is 0 Å². The van der Waals surface area contributed by atoms with E-state index < -0.39 is 0 Å². The van der Waals surface area contributed by atoms with Gasteiger partial charge in [0.1, 0.15) is 5.75 Å². The third kappa shape index (κ3) is 4.37. The number of ether oxygens (including phenoxy) is 1. The van der Waals surface area contributed by atoms with E-state index in [0.29, 0.717) is 17.7 Å². The van der Waals surface area contributed by atoms with Gasteiger partial charge in [0.25, 0.3) is 0 Å². The molecule has 0 bridgehead atoms. The third-order valence-electron chi connectivity index (χ3n) is 2.92. The Morgan fingerprint density at radius 3 is 2.48 bits per heavy atom. The Kier molecular flexibility index (Phi) is 4.96. The first kappa shape index (κ1) is 14.6. The normalized spacial score (nSPS) is 11.3. The number of hydrogen-bond acceptors (Lipinski definition) is 3. The molecule has 2 rings (SSSR count). The van der Waals surface area contributed by atoms with Crippen LogP contribution in [-0.4, -0.2) is 12.0 Å². The summed E-state index contributed by atoms with van der Waals surface area (Å²) in [6.45, 7) is 1.85. The van der Waals surface area contributed by atoms with E-state index in [1.54, 1.807) is 36.4 Å². The predicted octanol–water partition coefficient (Wildman–Crippen LogP) is 4.15. The average Bonchev–Trinajstić information content (AvgIpc) is 2.50. The van der Waals surface area contributed by atoms with Crippen molar-refractivity contribution in [2.24, 2.45) is 5.11 Å². The van der Waals surface area contributed by atoms with E-state index in [9.17, 15) is 4.79 Å². The number of nitrogens with zero attached hydrogens (tertiary/aromatic N) is 3. The van der Waals surface area contributed by atoms with Crippen LogP contribution >= 0.6 is 0 Å². The van der Waals surface area contributed by atoms with Crippen molar-refractivity contribution in [3.8, 4) is 5.75 Å². The molecule has 0 saturated heterocycles. The first-order chi connectivity index (χ1) is 10.2. The highest BCUT2D eigenvalue weighted by molar-refractivity contribution is 5.90. The van der Waals surface area contributed by atoms with Crippen LogP contribution < -0.4 is 4.74 Å². The van der Waals surface area contributed by atoms with Gasteiger partial charge in [-0.15, -0.1) is 0 Å². The lowest BCUT2D eigenvalue weighted by atomic mass is 10.1. The summed E-state index contributed by atoms with van der Waals surface area (Å²) in [5, 5.41) is 3.63. The van der Waals surface area contributed by atoms with Gasteiger partial charge in [-0.05, 0) is 41.8 Å². The summed E-state index contributed by atoms with van der Waals surface area (Å²) in [5.41, 5.74) is 9.90. The lowest BCUT2D eigenvalue weighted by Gasteiger charge is -2.07. The minimum Gasteiger partial charge on any atom is -0.423 e. The van der Waals surface area contributed by atoms with Gasteiger partial charge < -0.3 is 4.74 Å². The van der Waals surface area contributed by atoms with E-state index in [4.69, 9.17) is 10.3 Å². The van der Waals surface area contributed by atoms with Crippen LogP contribution in [0.2, 0.25) is 0 Å². The van der Waals surface area contributed by atoms with Crippen LogP contribution in [0.3, 0.4) is 0 Å². The van der Waals surface area contributed by atoms with Crippen LogP contribution in [0.1, 0.15) is 22.8 Å². The van der Waals surface area contributed by atoms with Gasteiger partial charge in [0.05, 0.1) is 5.56 Å². The van der Waals surface area contributed by atoms with Gasteiger partial charge in [-0.25, -0.2) is 4.79 Å². The van der Waals surface area contributed by atoms with Crippen molar-refractivity contribution < 1.29 is 9.53 Å². The van der Waals surface area contributed by atoms with E-state index >= 15 is 0 Å². The zero-order chi connectivity index (χ0) is 15.1. The minimum absolute atomic E-state index is 0.104. The fraction of sp³-hybridized carbons (Fsp3) is 0.188. The zero-order valence-electron chi connectivity index (χ0n) is 11.6. The van der Waals surface area contributed by atoms with Gasteiger partial charge in [0.15, 0.2) is 0 Å². The molecule has 106 valence electrons. The predicted molar refractivity (Wildman–Crippen MR) is 80.2 cm³/mol. The summed E-state index contributed by atoms with van der Waals surface area (Å²) in [6.07, 6.45) is 0.650. The van der Waals surface area contributed by atoms with E-state index in [0.717, 1.165) is 5.56 Å². The van der Waals surface area contributed by atoms with Crippen LogP contribution in [0.4, 0.5) is 0 Å². The maximum Gasteiger partial charge on any atom is 0.343 e. The van der Waals surface area contributed by atoms with Crippen LogP contribution in [-0.2, 0) is 6.42 Å². The van der Waals surface area contributed by atoms with Crippen LogP contribution in [0.15, 0.2) is 59.7 Å². The van der Waals surface area contributed by atoms with Crippen LogP contribution in [0.5, 0.6) is 5.75 Å². The highest BCUT2D eigenvalue weighted by atomic mass is 16.5. The van der Waals surface area contributed by atoms with Gasteiger partial charge in [0, 0.05) is 11.0 Å².